The molecule has 2 nitrogen and oxygen atoms in total. The van der Waals surface area contributed by atoms with Crippen LogP contribution >= 0.6 is 15.9 Å². The Hall–Kier alpha value is -0.830. The molecule has 0 fully saturated rings. The van der Waals surface area contributed by atoms with E-state index in [4.69, 9.17) is 5.10 Å². The van der Waals surface area contributed by atoms with Gasteiger partial charge in [0, 0.05) is 16.8 Å². The first-order valence-electron chi connectivity index (χ1n) is 6.70. The lowest BCUT2D eigenvalue weighted by Gasteiger charge is -2.11. The maximum Gasteiger partial charge on any atom is 0.0706 e. The lowest BCUT2D eigenvalue weighted by Crippen LogP contribution is -2.06. The van der Waals surface area contributed by atoms with Crippen molar-refractivity contribution in [3.05, 3.63) is 30.0 Å². The van der Waals surface area contributed by atoms with E-state index in [1.807, 2.05) is 0 Å². The zero-order valence-electron chi connectivity index (χ0n) is 11.4. The highest BCUT2D eigenvalue weighted by Crippen LogP contribution is 2.23. The van der Waals surface area contributed by atoms with Crippen LogP contribution in [0.5, 0.6) is 0 Å². The molecule has 0 radical (unpaired) electrons. The van der Waals surface area contributed by atoms with Crippen molar-refractivity contribution in [3.8, 4) is 0 Å². The fourth-order valence-corrected chi connectivity index (χ4v) is 3.19. The summed E-state index contributed by atoms with van der Waals surface area (Å²) < 4.78 is 2.11. The molecule has 18 heavy (non-hydrogen) atoms. The van der Waals surface area contributed by atoms with E-state index in [9.17, 15) is 0 Å². The van der Waals surface area contributed by atoms with Crippen LogP contribution in [0, 0.1) is 5.92 Å². The summed E-state index contributed by atoms with van der Waals surface area (Å²) in [5, 5.41) is 6.07. The first-order chi connectivity index (χ1) is 8.61. The van der Waals surface area contributed by atoms with E-state index in [-0.39, 0.29) is 0 Å². The van der Waals surface area contributed by atoms with Gasteiger partial charge in [0.05, 0.1) is 11.2 Å². The van der Waals surface area contributed by atoms with Gasteiger partial charge in [0.25, 0.3) is 0 Å². The van der Waals surface area contributed by atoms with Crippen molar-refractivity contribution in [3.63, 3.8) is 0 Å². The summed E-state index contributed by atoms with van der Waals surface area (Å²) in [6.45, 7) is 7.59. The molecule has 1 aromatic carbocycles. The fourth-order valence-electron chi connectivity index (χ4n) is 2.56. The van der Waals surface area contributed by atoms with Gasteiger partial charge < -0.3 is 0 Å². The van der Waals surface area contributed by atoms with E-state index in [0.29, 0.717) is 10.7 Å². The van der Waals surface area contributed by atoms with Crippen LogP contribution in [0.1, 0.15) is 32.9 Å². The maximum atomic E-state index is 4.76. The number of hydrogen-bond acceptors (Lipinski definition) is 1. The van der Waals surface area contributed by atoms with E-state index in [2.05, 4.69) is 65.6 Å². The number of nitrogens with zero attached hydrogens (tertiary/aromatic N) is 2. The maximum absolute atomic E-state index is 4.76. The molecular formula is C15H21BrN2. The molecule has 1 heterocycles. The Kier molecular flexibility index (Phi) is 4.44. The topological polar surface area (TPSA) is 17.8 Å². The monoisotopic (exact) mass is 308 g/mol. The molecule has 1 aromatic heterocycles. The molecule has 0 spiro atoms. The van der Waals surface area contributed by atoms with Gasteiger partial charge in [-0.05, 0) is 31.7 Å². The van der Waals surface area contributed by atoms with E-state index in [1.165, 1.54) is 23.0 Å². The largest absolute Gasteiger partial charge is 0.265 e. The number of para-hydroxylation sites is 1. The molecular weight excluding hydrogens is 288 g/mol. The summed E-state index contributed by atoms with van der Waals surface area (Å²) in [4.78, 5) is 0.576. The molecule has 2 atom stereocenters. The SMILES string of the molecule is CCn1nc(CC(C)CC(C)Br)c2ccccc21. The Morgan fingerprint density at radius 3 is 2.67 bits per heavy atom. The highest BCUT2D eigenvalue weighted by molar-refractivity contribution is 9.09. The number of aryl methyl sites for hydroxylation is 1. The minimum absolute atomic E-state index is 0.576. The number of halogens is 1. The molecule has 0 aliphatic rings. The molecule has 0 saturated carbocycles. The average molecular weight is 309 g/mol. The summed E-state index contributed by atoms with van der Waals surface area (Å²) in [6.07, 6.45) is 2.25. The van der Waals surface area contributed by atoms with Crippen LogP contribution in [0.3, 0.4) is 0 Å². The normalized spacial score (nSPS) is 14.9. The van der Waals surface area contributed by atoms with Crippen molar-refractivity contribution in [1.82, 2.24) is 9.78 Å². The lowest BCUT2D eigenvalue weighted by atomic mass is 9.99. The van der Waals surface area contributed by atoms with E-state index >= 15 is 0 Å². The highest BCUT2D eigenvalue weighted by atomic mass is 79.9. The van der Waals surface area contributed by atoms with Gasteiger partial charge in [0.2, 0.25) is 0 Å². The molecule has 0 saturated heterocycles. The molecule has 2 aromatic rings. The minimum Gasteiger partial charge on any atom is -0.265 e. The third-order valence-electron chi connectivity index (χ3n) is 3.30. The Balaban J connectivity index is 2.28. The van der Waals surface area contributed by atoms with Gasteiger partial charge in [-0.2, -0.15) is 5.10 Å². The lowest BCUT2D eigenvalue weighted by molar-refractivity contribution is 0.521. The molecule has 2 rings (SSSR count). The van der Waals surface area contributed by atoms with Gasteiger partial charge in [-0.15, -0.1) is 0 Å². The van der Waals surface area contributed by atoms with Gasteiger partial charge in [-0.25, -0.2) is 0 Å². The Morgan fingerprint density at radius 2 is 2.00 bits per heavy atom. The second-order valence-electron chi connectivity index (χ2n) is 5.11. The zero-order valence-corrected chi connectivity index (χ0v) is 12.9. The highest BCUT2D eigenvalue weighted by Gasteiger charge is 2.13. The molecule has 0 aliphatic carbocycles. The quantitative estimate of drug-likeness (QED) is 0.748. The van der Waals surface area contributed by atoms with Crippen molar-refractivity contribution in [2.75, 3.05) is 0 Å². The van der Waals surface area contributed by atoms with Crippen LogP contribution in [-0.4, -0.2) is 14.6 Å². The third-order valence-corrected chi connectivity index (χ3v) is 3.68. The van der Waals surface area contributed by atoms with Crippen LogP contribution < -0.4 is 0 Å². The van der Waals surface area contributed by atoms with Gasteiger partial charge in [0.1, 0.15) is 0 Å². The number of benzene rings is 1. The van der Waals surface area contributed by atoms with Gasteiger partial charge in [-0.1, -0.05) is 48.0 Å². The average Bonchev–Trinajstić information content (AvgIpc) is 2.67. The summed E-state index contributed by atoms with van der Waals surface area (Å²) in [5.74, 6) is 0.656. The summed E-state index contributed by atoms with van der Waals surface area (Å²) >= 11 is 3.63. The standard InChI is InChI=1S/C15H21BrN2/c1-4-18-15-8-6-5-7-13(15)14(17-18)10-11(2)9-12(3)16/h5-8,11-12H,4,9-10H2,1-3H3. The number of hydrogen-bond donors (Lipinski definition) is 0. The van der Waals surface area contributed by atoms with Gasteiger partial charge >= 0.3 is 0 Å². The molecule has 0 aliphatic heterocycles. The van der Waals surface area contributed by atoms with E-state index in [1.54, 1.807) is 0 Å². The van der Waals surface area contributed by atoms with Crippen molar-refractivity contribution in [1.29, 1.82) is 0 Å². The molecule has 0 N–H and O–H groups in total. The van der Waals surface area contributed by atoms with Gasteiger partial charge in [-0.3, -0.25) is 4.68 Å². The van der Waals surface area contributed by atoms with Crippen LogP contribution in [0.4, 0.5) is 0 Å². The van der Waals surface area contributed by atoms with Crippen molar-refractivity contribution in [2.45, 2.75) is 45.0 Å². The van der Waals surface area contributed by atoms with Crippen molar-refractivity contribution >= 4 is 26.8 Å². The Labute approximate surface area is 118 Å². The number of aromatic nitrogens is 2. The fraction of sp³-hybridized carbons (Fsp3) is 0.533. The van der Waals surface area contributed by atoms with Crippen molar-refractivity contribution in [2.24, 2.45) is 5.92 Å². The van der Waals surface area contributed by atoms with Crippen LogP contribution in [0.2, 0.25) is 0 Å². The summed E-state index contributed by atoms with van der Waals surface area (Å²) in [5.41, 5.74) is 2.50. The predicted molar refractivity (Wildman–Crippen MR) is 81.3 cm³/mol. The number of rotatable bonds is 5. The number of fused-ring (bicyclic) bond motifs is 1. The predicted octanol–water partition coefficient (Wildman–Crippen LogP) is 4.41. The van der Waals surface area contributed by atoms with Crippen LogP contribution in [-0.2, 0) is 13.0 Å². The molecule has 98 valence electrons. The van der Waals surface area contributed by atoms with Crippen LogP contribution in [0.25, 0.3) is 10.9 Å². The molecule has 2 unspecified atom stereocenters. The van der Waals surface area contributed by atoms with E-state index in [0.717, 1.165) is 13.0 Å². The third kappa shape index (κ3) is 2.94. The Bertz CT molecular complexity index is 516. The zero-order chi connectivity index (χ0) is 13.1. The summed E-state index contributed by atoms with van der Waals surface area (Å²) in [7, 11) is 0. The van der Waals surface area contributed by atoms with Gasteiger partial charge in [0.15, 0.2) is 0 Å². The molecule has 0 amide bonds. The summed E-state index contributed by atoms with van der Waals surface area (Å²) in [6, 6.07) is 8.54. The van der Waals surface area contributed by atoms with Crippen molar-refractivity contribution < 1.29 is 0 Å². The Morgan fingerprint density at radius 1 is 1.28 bits per heavy atom. The number of alkyl halides is 1. The second-order valence-corrected chi connectivity index (χ2v) is 6.67. The van der Waals surface area contributed by atoms with Crippen LogP contribution in [0.15, 0.2) is 24.3 Å². The minimum atomic E-state index is 0.576. The first-order valence-corrected chi connectivity index (χ1v) is 7.61. The second kappa shape index (κ2) is 5.87. The smallest absolute Gasteiger partial charge is 0.0706 e. The first kappa shape index (κ1) is 13.6. The molecule has 0 bridgehead atoms. The molecule has 3 heteroatoms. The van der Waals surface area contributed by atoms with E-state index < -0.39 is 0 Å².